The Bertz CT molecular complexity index is 859. The van der Waals surface area contributed by atoms with E-state index in [2.05, 4.69) is 0 Å². The first-order valence-electron chi connectivity index (χ1n) is 11.1. The predicted octanol–water partition coefficient (Wildman–Crippen LogP) is 0.221. The molecule has 13 N–H and O–H groups in total. The van der Waals surface area contributed by atoms with Gasteiger partial charge in [0, 0.05) is 0 Å². The van der Waals surface area contributed by atoms with Crippen molar-refractivity contribution in [3.05, 3.63) is 59.7 Å². The molecule has 0 amide bonds. The molecule has 2 rings (SSSR count). The molecule has 0 aromatic heterocycles. The van der Waals surface area contributed by atoms with Crippen LogP contribution in [0.2, 0.25) is 0 Å². The van der Waals surface area contributed by atoms with Gasteiger partial charge in [0.15, 0.2) is 0 Å². The van der Waals surface area contributed by atoms with Crippen molar-refractivity contribution in [2.75, 3.05) is 6.54 Å². The van der Waals surface area contributed by atoms with Gasteiger partial charge in [-0.2, -0.15) is 0 Å². The lowest BCUT2D eigenvalue weighted by molar-refractivity contribution is -0.139. The van der Waals surface area contributed by atoms with Crippen molar-refractivity contribution in [1.29, 1.82) is 0 Å². The maximum Gasteiger partial charge on any atom is 0.320 e. The molecule has 12 nitrogen and oxygen atoms in total. The standard InChI is InChI=1S/2C9H11NO3.C6H14N2O2/c2*10-8(9(12)13)5-6-1-3-7(11)4-2-6;7-4-2-1-3-5(8)6(9)10/h2*1-4,8,11H,5,10H2,(H,12,13);5H,1-4,7-8H2,(H,9,10)/t2*8-;5-/m000/s1. The summed E-state index contributed by atoms with van der Waals surface area (Å²) in [6, 6.07) is 10.1. The Morgan fingerprint density at radius 3 is 1.22 bits per heavy atom. The number of phenolic OH excluding ortho intramolecular Hbond substituents is 2. The van der Waals surface area contributed by atoms with E-state index in [1.54, 1.807) is 24.3 Å². The van der Waals surface area contributed by atoms with Gasteiger partial charge in [-0.15, -0.1) is 0 Å². The van der Waals surface area contributed by atoms with E-state index < -0.39 is 36.0 Å². The second-order valence-electron chi connectivity index (χ2n) is 7.86. The summed E-state index contributed by atoms with van der Waals surface area (Å²) in [5, 5.41) is 43.3. The van der Waals surface area contributed by atoms with Gasteiger partial charge in [-0.05, 0) is 67.6 Å². The lowest BCUT2D eigenvalue weighted by Gasteiger charge is -2.05. The van der Waals surface area contributed by atoms with E-state index in [1.165, 1.54) is 24.3 Å². The van der Waals surface area contributed by atoms with Gasteiger partial charge >= 0.3 is 17.9 Å². The molecule has 2 aromatic rings. The molecule has 2 aromatic carbocycles. The highest BCUT2D eigenvalue weighted by molar-refractivity contribution is 5.74. The summed E-state index contributed by atoms with van der Waals surface area (Å²) in [4.78, 5) is 30.9. The number of phenols is 2. The molecule has 12 heteroatoms. The summed E-state index contributed by atoms with van der Waals surface area (Å²) in [5.74, 6) is -2.65. The van der Waals surface area contributed by atoms with Crippen LogP contribution in [0, 0.1) is 0 Å². The first-order valence-corrected chi connectivity index (χ1v) is 11.1. The Hall–Kier alpha value is -3.71. The lowest BCUT2D eigenvalue weighted by Crippen LogP contribution is -2.32. The number of carboxylic acids is 3. The third-order valence-corrected chi connectivity index (χ3v) is 4.70. The summed E-state index contributed by atoms with van der Waals surface area (Å²) in [6.45, 7) is 0.604. The van der Waals surface area contributed by atoms with Gasteiger partial charge in [0.05, 0.1) is 0 Å². The zero-order chi connectivity index (χ0) is 27.7. The number of aliphatic carboxylic acids is 3. The maximum atomic E-state index is 10.4. The number of nitrogens with two attached hydrogens (primary N) is 4. The highest BCUT2D eigenvalue weighted by Gasteiger charge is 2.12. The van der Waals surface area contributed by atoms with Gasteiger partial charge in [0.25, 0.3) is 0 Å². The molecule has 0 aliphatic carbocycles. The number of hydrogen-bond acceptors (Lipinski definition) is 9. The van der Waals surface area contributed by atoms with Crippen molar-refractivity contribution in [2.24, 2.45) is 22.9 Å². The van der Waals surface area contributed by atoms with Crippen molar-refractivity contribution in [2.45, 2.75) is 50.2 Å². The predicted molar refractivity (Wildman–Crippen MR) is 133 cm³/mol. The van der Waals surface area contributed by atoms with Crippen molar-refractivity contribution < 1.29 is 39.9 Å². The first kappa shape index (κ1) is 32.3. The van der Waals surface area contributed by atoms with Gasteiger partial charge in [0.2, 0.25) is 0 Å². The first-order chi connectivity index (χ1) is 16.9. The number of unbranched alkanes of at least 4 members (excludes halogenated alkanes) is 1. The fourth-order valence-electron chi connectivity index (χ4n) is 2.58. The molecule has 0 aliphatic heterocycles. The molecule has 0 bridgehead atoms. The molecule has 0 fully saturated rings. The third kappa shape index (κ3) is 15.2. The lowest BCUT2D eigenvalue weighted by atomic mass is 10.1. The number of benzene rings is 2. The summed E-state index contributed by atoms with van der Waals surface area (Å²) < 4.78 is 0. The van der Waals surface area contributed by atoms with Crippen LogP contribution in [0.5, 0.6) is 11.5 Å². The Morgan fingerprint density at radius 1 is 0.611 bits per heavy atom. The number of carboxylic acid groups (broad SMARTS) is 3. The molecule has 0 saturated carbocycles. The van der Waals surface area contributed by atoms with E-state index in [-0.39, 0.29) is 24.3 Å². The molecule has 0 heterocycles. The molecule has 0 saturated heterocycles. The number of hydrogen-bond donors (Lipinski definition) is 9. The highest BCUT2D eigenvalue weighted by atomic mass is 16.4. The van der Waals surface area contributed by atoms with E-state index in [9.17, 15) is 14.4 Å². The zero-order valence-electron chi connectivity index (χ0n) is 19.9. The zero-order valence-corrected chi connectivity index (χ0v) is 19.9. The second-order valence-corrected chi connectivity index (χ2v) is 7.86. The SMILES string of the molecule is NCCCC[C@H](N)C(=O)O.N[C@@H](Cc1ccc(O)cc1)C(=O)O.N[C@@H](Cc1ccc(O)cc1)C(=O)O. The summed E-state index contributed by atoms with van der Waals surface area (Å²) in [5.41, 5.74) is 22.7. The second kappa shape index (κ2) is 17.7. The number of carbonyl (C=O) groups is 3. The van der Waals surface area contributed by atoms with E-state index in [1.807, 2.05) is 0 Å². The topological polar surface area (TPSA) is 256 Å². The number of aromatic hydroxyl groups is 2. The Labute approximate surface area is 209 Å². The molecule has 0 spiro atoms. The molecule has 200 valence electrons. The molecule has 36 heavy (non-hydrogen) atoms. The van der Waals surface area contributed by atoms with Crippen LogP contribution < -0.4 is 22.9 Å². The quantitative estimate of drug-likeness (QED) is 0.185. The van der Waals surface area contributed by atoms with Crippen LogP contribution in [0.15, 0.2) is 48.5 Å². The summed E-state index contributed by atoms with van der Waals surface area (Å²) in [7, 11) is 0. The van der Waals surface area contributed by atoms with Crippen molar-refractivity contribution in [3.63, 3.8) is 0 Å². The Balaban J connectivity index is 0.000000517. The number of rotatable bonds is 11. The summed E-state index contributed by atoms with van der Waals surface area (Å²) >= 11 is 0. The molecular formula is C24H36N4O8. The van der Waals surface area contributed by atoms with Crippen molar-refractivity contribution >= 4 is 17.9 Å². The minimum Gasteiger partial charge on any atom is -0.508 e. The molecule has 0 unspecified atom stereocenters. The fraction of sp³-hybridized carbons (Fsp3) is 0.375. The van der Waals surface area contributed by atoms with Gasteiger partial charge in [0.1, 0.15) is 29.6 Å². The minimum atomic E-state index is -1.02. The van der Waals surface area contributed by atoms with Crippen LogP contribution in [0.3, 0.4) is 0 Å². The highest BCUT2D eigenvalue weighted by Crippen LogP contribution is 2.11. The van der Waals surface area contributed by atoms with Crippen molar-refractivity contribution in [1.82, 2.24) is 0 Å². The van der Waals surface area contributed by atoms with E-state index in [4.69, 9.17) is 48.5 Å². The molecule has 0 radical (unpaired) electrons. The van der Waals surface area contributed by atoms with Crippen LogP contribution in [0.4, 0.5) is 0 Å². The largest absolute Gasteiger partial charge is 0.508 e. The van der Waals surface area contributed by atoms with Crippen LogP contribution in [0.25, 0.3) is 0 Å². The smallest absolute Gasteiger partial charge is 0.320 e. The molecular weight excluding hydrogens is 472 g/mol. The fourth-order valence-corrected chi connectivity index (χ4v) is 2.58. The Morgan fingerprint density at radius 2 is 0.944 bits per heavy atom. The monoisotopic (exact) mass is 508 g/mol. The average molecular weight is 509 g/mol. The van der Waals surface area contributed by atoms with Gasteiger partial charge in [-0.3, -0.25) is 14.4 Å². The van der Waals surface area contributed by atoms with E-state index in [0.717, 1.165) is 24.0 Å². The van der Waals surface area contributed by atoms with Crippen LogP contribution in [0.1, 0.15) is 30.4 Å². The van der Waals surface area contributed by atoms with Gasteiger partial charge in [-0.1, -0.05) is 30.7 Å². The molecule has 3 atom stereocenters. The van der Waals surface area contributed by atoms with Crippen LogP contribution >= 0.6 is 0 Å². The van der Waals surface area contributed by atoms with E-state index in [0.29, 0.717) is 13.0 Å². The Kier molecular flexibility index (Phi) is 15.9. The third-order valence-electron chi connectivity index (χ3n) is 4.70. The van der Waals surface area contributed by atoms with Crippen molar-refractivity contribution in [3.8, 4) is 11.5 Å². The van der Waals surface area contributed by atoms with Gasteiger partial charge in [-0.25, -0.2) is 0 Å². The minimum absolute atomic E-state index is 0.160. The maximum absolute atomic E-state index is 10.4. The molecule has 0 aliphatic rings. The summed E-state index contributed by atoms with van der Waals surface area (Å²) in [6.07, 6.45) is 2.71. The average Bonchev–Trinajstić information content (AvgIpc) is 2.82. The van der Waals surface area contributed by atoms with E-state index >= 15 is 0 Å². The van der Waals surface area contributed by atoms with Gasteiger partial charge < -0.3 is 48.5 Å². The van der Waals surface area contributed by atoms with Crippen LogP contribution in [-0.4, -0.2) is 68.1 Å². The normalized spacial score (nSPS) is 12.6. The van der Waals surface area contributed by atoms with Crippen LogP contribution in [-0.2, 0) is 27.2 Å².